The summed E-state index contributed by atoms with van der Waals surface area (Å²) in [7, 11) is 0. The number of carbonyl (C=O) groups is 1. The number of ether oxygens (including phenoxy) is 1. The molecule has 0 amide bonds. The fourth-order valence-electron chi connectivity index (χ4n) is 3.08. The van der Waals surface area contributed by atoms with Crippen LogP contribution in [0.4, 0.5) is 0 Å². The molecule has 1 heterocycles. The highest BCUT2D eigenvalue weighted by atomic mass is 16.5. The lowest BCUT2D eigenvalue weighted by Gasteiger charge is -2.42. The van der Waals surface area contributed by atoms with Gasteiger partial charge in [-0.3, -0.25) is 9.69 Å². The highest BCUT2D eigenvalue weighted by Crippen LogP contribution is 2.22. The molecule has 1 aliphatic rings. The molecule has 124 valence electrons. The normalized spacial score (nSPS) is 25.5. The Kier molecular flexibility index (Phi) is 6.63. The van der Waals surface area contributed by atoms with Crippen molar-refractivity contribution in [2.45, 2.75) is 71.1 Å². The smallest absolute Gasteiger partial charge is 0.323 e. The second-order valence-electron chi connectivity index (χ2n) is 7.09. The van der Waals surface area contributed by atoms with Crippen LogP contribution in [0.3, 0.4) is 0 Å². The van der Waals surface area contributed by atoms with Crippen molar-refractivity contribution in [3.63, 3.8) is 0 Å². The second-order valence-corrected chi connectivity index (χ2v) is 7.09. The van der Waals surface area contributed by atoms with E-state index in [2.05, 4.69) is 31.0 Å². The van der Waals surface area contributed by atoms with Crippen LogP contribution in [0.5, 0.6) is 0 Å². The topological polar surface area (TPSA) is 61.8 Å². The molecule has 0 aromatic heterocycles. The highest BCUT2D eigenvalue weighted by molar-refractivity contribution is 5.78. The number of rotatable bonds is 8. The Bertz CT molecular complexity index is 346. The molecule has 0 bridgehead atoms. The molecular weight excluding hydrogens is 268 g/mol. The first-order valence-corrected chi connectivity index (χ1v) is 8.07. The van der Waals surface area contributed by atoms with Gasteiger partial charge >= 0.3 is 5.97 Å². The van der Waals surface area contributed by atoms with Gasteiger partial charge in [0.25, 0.3) is 0 Å². The molecule has 0 aromatic rings. The van der Waals surface area contributed by atoms with Crippen LogP contribution in [0, 0.1) is 0 Å². The van der Waals surface area contributed by atoms with Crippen LogP contribution in [0.15, 0.2) is 0 Å². The van der Waals surface area contributed by atoms with E-state index in [0.29, 0.717) is 6.42 Å². The van der Waals surface area contributed by atoms with Gasteiger partial charge in [-0.05, 0) is 60.0 Å². The summed E-state index contributed by atoms with van der Waals surface area (Å²) in [5, 5.41) is 12.6. The molecule has 0 spiro atoms. The molecule has 1 fully saturated rings. The van der Waals surface area contributed by atoms with E-state index in [1.54, 1.807) is 6.92 Å². The first kappa shape index (κ1) is 18.4. The third-order valence-corrected chi connectivity index (χ3v) is 4.03. The van der Waals surface area contributed by atoms with Gasteiger partial charge in [0.15, 0.2) is 0 Å². The molecule has 21 heavy (non-hydrogen) atoms. The summed E-state index contributed by atoms with van der Waals surface area (Å²) in [6.07, 6.45) is 2.70. The maximum Gasteiger partial charge on any atom is 0.323 e. The molecule has 0 saturated carbocycles. The first-order chi connectivity index (χ1) is 9.68. The molecular formula is C16H32N2O3. The van der Waals surface area contributed by atoms with Crippen molar-refractivity contribution < 1.29 is 14.6 Å². The fraction of sp³-hybridized carbons (Fsp3) is 0.938. The Hall–Kier alpha value is -0.650. The van der Waals surface area contributed by atoms with E-state index < -0.39 is 11.5 Å². The number of hydrogen-bond acceptors (Lipinski definition) is 4. The number of carboxylic acid groups (broad SMARTS) is 1. The SMILES string of the molecule is CCCNC(C)(CCCN1CC(C)OC(C)(C)C1)C(=O)O. The maximum atomic E-state index is 11.5. The van der Waals surface area contributed by atoms with E-state index in [1.165, 1.54) is 0 Å². The zero-order chi connectivity index (χ0) is 16.1. The van der Waals surface area contributed by atoms with Crippen LogP contribution >= 0.6 is 0 Å². The summed E-state index contributed by atoms with van der Waals surface area (Å²) in [6, 6.07) is 0. The van der Waals surface area contributed by atoms with Gasteiger partial charge in [0.2, 0.25) is 0 Å². The van der Waals surface area contributed by atoms with Gasteiger partial charge in [-0.2, -0.15) is 0 Å². The Morgan fingerprint density at radius 2 is 2.19 bits per heavy atom. The lowest BCUT2D eigenvalue weighted by molar-refractivity contribution is -0.145. The van der Waals surface area contributed by atoms with Crippen molar-refractivity contribution in [3.8, 4) is 0 Å². The molecule has 2 atom stereocenters. The number of nitrogens with zero attached hydrogens (tertiary/aromatic N) is 1. The van der Waals surface area contributed by atoms with E-state index in [0.717, 1.165) is 39.0 Å². The van der Waals surface area contributed by atoms with Gasteiger partial charge in [-0.15, -0.1) is 0 Å². The number of carboxylic acids is 1. The third kappa shape index (κ3) is 5.93. The molecule has 2 unspecified atom stereocenters. The molecule has 5 heteroatoms. The predicted octanol–water partition coefficient (Wildman–Crippen LogP) is 2.11. The number of nitrogens with one attached hydrogen (secondary N) is 1. The van der Waals surface area contributed by atoms with E-state index in [9.17, 15) is 9.90 Å². The third-order valence-electron chi connectivity index (χ3n) is 4.03. The summed E-state index contributed by atoms with van der Waals surface area (Å²) in [5.74, 6) is -0.758. The number of aliphatic carboxylic acids is 1. The van der Waals surface area contributed by atoms with Crippen LogP contribution in [0.25, 0.3) is 0 Å². The zero-order valence-corrected chi connectivity index (χ0v) is 14.2. The fourth-order valence-corrected chi connectivity index (χ4v) is 3.08. The van der Waals surface area contributed by atoms with Gasteiger partial charge in [-0.1, -0.05) is 6.92 Å². The average molecular weight is 300 g/mol. The zero-order valence-electron chi connectivity index (χ0n) is 14.2. The summed E-state index contributed by atoms with van der Waals surface area (Å²) in [5.41, 5.74) is -0.933. The molecule has 0 aliphatic carbocycles. The van der Waals surface area contributed by atoms with Crippen molar-refractivity contribution in [1.82, 2.24) is 10.2 Å². The summed E-state index contributed by atoms with van der Waals surface area (Å²) < 4.78 is 5.89. The van der Waals surface area contributed by atoms with Gasteiger partial charge in [0.1, 0.15) is 5.54 Å². The maximum absolute atomic E-state index is 11.5. The minimum atomic E-state index is -0.816. The summed E-state index contributed by atoms with van der Waals surface area (Å²) in [6.45, 7) is 13.7. The Labute approximate surface area is 129 Å². The van der Waals surface area contributed by atoms with E-state index in [1.807, 2.05) is 6.92 Å². The Morgan fingerprint density at radius 1 is 1.52 bits per heavy atom. The van der Waals surface area contributed by atoms with Gasteiger partial charge in [0, 0.05) is 13.1 Å². The van der Waals surface area contributed by atoms with Gasteiger partial charge in [-0.25, -0.2) is 0 Å². The van der Waals surface area contributed by atoms with Crippen LogP contribution in [-0.2, 0) is 9.53 Å². The van der Waals surface area contributed by atoms with Crippen molar-refractivity contribution >= 4 is 5.97 Å². The highest BCUT2D eigenvalue weighted by Gasteiger charge is 2.34. The number of morpholine rings is 1. The van der Waals surface area contributed by atoms with Crippen LogP contribution < -0.4 is 5.32 Å². The van der Waals surface area contributed by atoms with Crippen molar-refractivity contribution in [1.29, 1.82) is 0 Å². The monoisotopic (exact) mass is 300 g/mol. The second kappa shape index (κ2) is 7.56. The summed E-state index contributed by atoms with van der Waals surface area (Å²) >= 11 is 0. The Balaban J connectivity index is 2.45. The predicted molar refractivity (Wildman–Crippen MR) is 84.6 cm³/mol. The largest absolute Gasteiger partial charge is 0.480 e. The first-order valence-electron chi connectivity index (χ1n) is 8.07. The van der Waals surface area contributed by atoms with Crippen LogP contribution in [0.1, 0.15) is 53.9 Å². The molecule has 0 radical (unpaired) electrons. The molecule has 1 rings (SSSR count). The van der Waals surface area contributed by atoms with E-state index in [-0.39, 0.29) is 11.7 Å². The molecule has 1 aliphatic heterocycles. The minimum Gasteiger partial charge on any atom is -0.480 e. The summed E-state index contributed by atoms with van der Waals surface area (Å²) in [4.78, 5) is 13.9. The number of hydrogen-bond donors (Lipinski definition) is 2. The molecule has 0 aromatic carbocycles. The van der Waals surface area contributed by atoms with E-state index >= 15 is 0 Å². The van der Waals surface area contributed by atoms with Crippen LogP contribution in [-0.4, -0.2) is 59.4 Å². The van der Waals surface area contributed by atoms with Crippen LogP contribution in [0.2, 0.25) is 0 Å². The standard InChI is InChI=1S/C16H32N2O3/c1-6-9-17-16(5,14(19)20)8-7-10-18-11-13(2)21-15(3,4)12-18/h13,17H,6-12H2,1-5H3,(H,19,20). The van der Waals surface area contributed by atoms with Crippen molar-refractivity contribution in [2.75, 3.05) is 26.2 Å². The van der Waals surface area contributed by atoms with Gasteiger partial charge in [0.05, 0.1) is 11.7 Å². The van der Waals surface area contributed by atoms with Crippen molar-refractivity contribution in [3.05, 3.63) is 0 Å². The Morgan fingerprint density at radius 3 is 2.71 bits per heavy atom. The lowest BCUT2D eigenvalue weighted by Crippen LogP contribution is -2.53. The average Bonchev–Trinajstić information content (AvgIpc) is 2.33. The minimum absolute atomic E-state index is 0.117. The quantitative estimate of drug-likeness (QED) is 0.719. The van der Waals surface area contributed by atoms with Crippen molar-refractivity contribution in [2.24, 2.45) is 0 Å². The molecule has 1 saturated heterocycles. The molecule has 2 N–H and O–H groups in total. The molecule has 5 nitrogen and oxygen atoms in total. The van der Waals surface area contributed by atoms with E-state index in [4.69, 9.17) is 4.74 Å². The lowest BCUT2D eigenvalue weighted by atomic mass is 9.95. The van der Waals surface area contributed by atoms with Gasteiger partial charge < -0.3 is 15.2 Å².